The molecule has 21 heavy (non-hydrogen) atoms. The zero-order chi connectivity index (χ0) is 14.5. The third-order valence-electron chi connectivity index (χ3n) is 3.32. The Balaban J connectivity index is 1.66. The second-order valence-electron chi connectivity index (χ2n) is 5.02. The van der Waals surface area contributed by atoms with Crippen molar-refractivity contribution in [3.8, 4) is 5.75 Å². The van der Waals surface area contributed by atoms with Gasteiger partial charge in [0.2, 0.25) is 0 Å². The molecular formula is C18H19NOS. The van der Waals surface area contributed by atoms with Gasteiger partial charge in [-0.2, -0.15) is 0 Å². The van der Waals surface area contributed by atoms with Crippen LogP contribution in [0.4, 0.5) is 5.69 Å². The molecule has 0 fully saturated rings. The van der Waals surface area contributed by atoms with E-state index in [1.54, 1.807) is 11.3 Å². The van der Waals surface area contributed by atoms with Gasteiger partial charge in [0.25, 0.3) is 0 Å². The molecule has 1 heterocycles. The molecule has 0 aliphatic rings. The van der Waals surface area contributed by atoms with Crippen molar-refractivity contribution in [1.82, 2.24) is 0 Å². The molecule has 0 spiro atoms. The fourth-order valence-electron chi connectivity index (χ4n) is 2.25. The van der Waals surface area contributed by atoms with Crippen molar-refractivity contribution in [1.29, 1.82) is 0 Å². The quantitative estimate of drug-likeness (QED) is 0.666. The Labute approximate surface area is 129 Å². The van der Waals surface area contributed by atoms with Crippen LogP contribution in [0.15, 0.2) is 53.9 Å². The van der Waals surface area contributed by atoms with Gasteiger partial charge in [0.05, 0.1) is 6.61 Å². The van der Waals surface area contributed by atoms with Crippen molar-refractivity contribution in [3.05, 3.63) is 59.5 Å². The van der Waals surface area contributed by atoms with Gasteiger partial charge < -0.3 is 10.1 Å². The Bertz CT molecular complexity index is 720. The van der Waals surface area contributed by atoms with Crippen molar-refractivity contribution < 1.29 is 4.74 Å². The zero-order valence-electron chi connectivity index (χ0n) is 12.1. The van der Waals surface area contributed by atoms with E-state index in [0.717, 1.165) is 31.0 Å². The van der Waals surface area contributed by atoms with Crippen LogP contribution in [0.2, 0.25) is 0 Å². The minimum Gasteiger partial charge on any atom is -0.494 e. The van der Waals surface area contributed by atoms with Crippen LogP contribution in [0.1, 0.15) is 18.9 Å². The molecular weight excluding hydrogens is 278 g/mol. The molecule has 0 saturated carbocycles. The third-order valence-corrected chi connectivity index (χ3v) is 4.22. The number of anilines is 1. The number of rotatable bonds is 6. The Morgan fingerprint density at radius 2 is 2.05 bits per heavy atom. The highest BCUT2D eigenvalue weighted by Gasteiger charge is 2.00. The summed E-state index contributed by atoms with van der Waals surface area (Å²) in [6, 6.07) is 16.9. The summed E-state index contributed by atoms with van der Waals surface area (Å²) >= 11 is 1.78. The van der Waals surface area contributed by atoms with Gasteiger partial charge in [-0.25, -0.2) is 0 Å². The molecule has 1 N–H and O–H groups in total. The lowest BCUT2D eigenvalue weighted by molar-refractivity contribution is 0.317. The summed E-state index contributed by atoms with van der Waals surface area (Å²) in [7, 11) is 0. The molecule has 0 aliphatic carbocycles. The molecule has 3 rings (SSSR count). The molecule has 2 nitrogen and oxygen atoms in total. The van der Waals surface area contributed by atoms with Crippen LogP contribution in [0.25, 0.3) is 10.1 Å². The Kier molecular flexibility index (Phi) is 4.41. The summed E-state index contributed by atoms with van der Waals surface area (Å²) in [6.07, 6.45) is 1.03. The van der Waals surface area contributed by atoms with E-state index in [9.17, 15) is 0 Å². The standard InChI is InChI=1S/C18H19NOS/c1-2-9-20-17-5-3-4-14(11-17)13-19-16-6-7-18-15(12-16)8-10-21-18/h3-8,10-12,19H,2,9,13H2,1H3. The van der Waals surface area contributed by atoms with Crippen molar-refractivity contribution in [2.75, 3.05) is 11.9 Å². The lowest BCUT2D eigenvalue weighted by Gasteiger charge is -2.09. The molecule has 0 bridgehead atoms. The van der Waals surface area contributed by atoms with E-state index in [-0.39, 0.29) is 0 Å². The summed E-state index contributed by atoms with van der Waals surface area (Å²) in [5, 5.41) is 6.90. The minimum absolute atomic E-state index is 0.770. The van der Waals surface area contributed by atoms with E-state index >= 15 is 0 Å². The first-order chi connectivity index (χ1) is 10.3. The Morgan fingerprint density at radius 1 is 1.10 bits per heavy atom. The average Bonchev–Trinajstić information content (AvgIpc) is 2.99. The third kappa shape index (κ3) is 3.56. The van der Waals surface area contributed by atoms with Crippen LogP contribution < -0.4 is 10.1 Å². The highest BCUT2D eigenvalue weighted by atomic mass is 32.1. The van der Waals surface area contributed by atoms with E-state index in [1.807, 2.05) is 12.1 Å². The molecule has 0 radical (unpaired) electrons. The van der Waals surface area contributed by atoms with Crippen molar-refractivity contribution >= 4 is 27.1 Å². The maximum absolute atomic E-state index is 5.67. The molecule has 2 aromatic carbocycles. The topological polar surface area (TPSA) is 21.3 Å². The molecule has 0 aliphatic heterocycles. The molecule has 0 atom stereocenters. The highest BCUT2D eigenvalue weighted by molar-refractivity contribution is 7.17. The Hall–Kier alpha value is -2.00. The second kappa shape index (κ2) is 6.64. The van der Waals surface area contributed by atoms with Crippen LogP contribution in [0, 0.1) is 0 Å². The van der Waals surface area contributed by atoms with Gasteiger partial charge in [0.15, 0.2) is 0 Å². The summed E-state index contributed by atoms with van der Waals surface area (Å²) in [5.74, 6) is 0.949. The van der Waals surface area contributed by atoms with Crippen molar-refractivity contribution in [2.24, 2.45) is 0 Å². The predicted molar refractivity (Wildman–Crippen MR) is 91.4 cm³/mol. The maximum atomic E-state index is 5.67. The van der Waals surface area contributed by atoms with Gasteiger partial charge in [-0.15, -0.1) is 11.3 Å². The first kappa shape index (κ1) is 14.0. The summed E-state index contributed by atoms with van der Waals surface area (Å²) < 4.78 is 7.00. The number of hydrogen-bond donors (Lipinski definition) is 1. The molecule has 0 unspecified atom stereocenters. The lowest BCUT2D eigenvalue weighted by Crippen LogP contribution is -2.00. The van der Waals surface area contributed by atoms with Crippen LogP contribution >= 0.6 is 11.3 Å². The van der Waals surface area contributed by atoms with Gasteiger partial charge >= 0.3 is 0 Å². The molecule has 1 aromatic heterocycles. The maximum Gasteiger partial charge on any atom is 0.119 e. The van der Waals surface area contributed by atoms with Gasteiger partial charge in [0.1, 0.15) is 5.75 Å². The van der Waals surface area contributed by atoms with E-state index in [2.05, 4.69) is 54.0 Å². The van der Waals surface area contributed by atoms with E-state index in [1.165, 1.54) is 15.6 Å². The van der Waals surface area contributed by atoms with Crippen molar-refractivity contribution in [2.45, 2.75) is 19.9 Å². The fourth-order valence-corrected chi connectivity index (χ4v) is 3.02. The van der Waals surface area contributed by atoms with Crippen LogP contribution in [0.5, 0.6) is 5.75 Å². The molecule has 3 heteroatoms. The smallest absolute Gasteiger partial charge is 0.119 e. The van der Waals surface area contributed by atoms with Gasteiger partial charge in [0, 0.05) is 16.9 Å². The van der Waals surface area contributed by atoms with Gasteiger partial charge in [-0.05, 0) is 59.1 Å². The van der Waals surface area contributed by atoms with Crippen molar-refractivity contribution in [3.63, 3.8) is 0 Å². The number of nitrogens with one attached hydrogen (secondary N) is 1. The Morgan fingerprint density at radius 3 is 2.95 bits per heavy atom. The minimum atomic E-state index is 0.770. The predicted octanol–water partition coefficient (Wildman–Crippen LogP) is 5.30. The SMILES string of the molecule is CCCOc1cccc(CNc2ccc3sccc3c2)c1. The fraction of sp³-hybridized carbons (Fsp3) is 0.222. The van der Waals surface area contributed by atoms with Crippen LogP contribution in [0.3, 0.4) is 0 Å². The molecule has 0 amide bonds. The van der Waals surface area contributed by atoms with Crippen LogP contribution in [-0.2, 0) is 6.54 Å². The second-order valence-corrected chi connectivity index (χ2v) is 5.97. The number of benzene rings is 2. The number of ether oxygens (including phenoxy) is 1. The molecule has 0 saturated heterocycles. The summed E-state index contributed by atoms with van der Waals surface area (Å²) in [5.41, 5.74) is 2.38. The van der Waals surface area contributed by atoms with Gasteiger partial charge in [-0.3, -0.25) is 0 Å². The number of fused-ring (bicyclic) bond motifs is 1. The summed E-state index contributed by atoms with van der Waals surface area (Å²) in [4.78, 5) is 0. The zero-order valence-corrected chi connectivity index (χ0v) is 13.0. The van der Waals surface area contributed by atoms with E-state index in [0.29, 0.717) is 0 Å². The normalized spacial score (nSPS) is 10.7. The monoisotopic (exact) mass is 297 g/mol. The summed E-state index contributed by atoms with van der Waals surface area (Å²) in [6.45, 7) is 3.69. The van der Waals surface area contributed by atoms with Gasteiger partial charge in [-0.1, -0.05) is 19.1 Å². The number of thiophene rings is 1. The first-order valence-electron chi connectivity index (χ1n) is 7.28. The highest BCUT2D eigenvalue weighted by Crippen LogP contribution is 2.24. The van der Waals surface area contributed by atoms with Crippen LogP contribution in [-0.4, -0.2) is 6.61 Å². The largest absolute Gasteiger partial charge is 0.494 e. The molecule has 3 aromatic rings. The average molecular weight is 297 g/mol. The first-order valence-corrected chi connectivity index (χ1v) is 8.16. The van der Waals surface area contributed by atoms with E-state index in [4.69, 9.17) is 4.74 Å². The number of hydrogen-bond acceptors (Lipinski definition) is 3. The van der Waals surface area contributed by atoms with E-state index < -0.39 is 0 Å². The lowest BCUT2D eigenvalue weighted by atomic mass is 10.2. The molecule has 108 valence electrons.